The van der Waals surface area contributed by atoms with Crippen molar-refractivity contribution in [2.24, 2.45) is 0 Å². The normalized spacial score (nSPS) is 12.3. The van der Waals surface area contributed by atoms with Crippen molar-refractivity contribution in [3.8, 4) is 0 Å². The van der Waals surface area contributed by atoms with Gasteiger partial charge in [0.1, 0.15) is 4.90 Å². The summed E-state index contributed by atoms with van der Waals surface area (Å²) < 4.78 is 28.9. The number of rotatable bonds is 8. The topological polar surface area (TPSA) is 54.3 Å². The van der Waals surface area contributed by atoms with Gasteiger partial charge < -0.3 is 9.88 Å². The fourth-order valence-electron chi connectivity index (χ4n) is 2.26. The van der Waals surface area contributed by atoms with E-state index in [1.807, 2.05) is 39.3 Å². The Labute approximate surface area is 128 Å². The highest BCUT2D eigenvalue weighted by molar-refractivity contribution is 7.89. The van der Waals surface area contributed by atoms with Crippen LogP contribution in [0.4, 0.5) is 0 Å². The van der Waals surface area contributed by atoms with E-state index in [0.29, 0.717) is 24.5 Å². The molecule has 0 aliphatic carbocycles. The van der Waals surface area contributed by atoms with E-state index in [1.165, 1.54) is 4.31 Å². The van der Waals surface area contributed by atoms with E-state index in [2.05, 4.69) is 11.9 Å². The standard InChI is InChI=1S/C15H27N3O2S/c1-7-17(10-12(2)3)21(19,20)15-8-14(9-16-6)18(11-15)13(4)5/h8,11,13,16H,2,7,9-10H2,1,3-6H3. The van der Waals surface area contributed by atoms with Crippen LogP contribution >= 0.6 is 0 Å². The summed E-state index contributed by atoms with van der Waals surface area (Å²) >= 11 is 0. The number of nitrogens with zero attached hydrogens (tertiary/aromatic N) is 2. The van der Waals surface area contributed by atoms with E-state index in [-0.39, 0.29) is 6.04 Å². The molecule has 0 radical (unpaired) electrons. The largest absolute Gasteiger partial charge is 0.346 e. The summed E-state index contributed by atoms with van der Waals surface area (Å²) in [6, 6.07) is 1.97. The van der Waals surface area contributed by atoms with Crippen LogP contribution in [0.1, 0.15) is 39.4 Å². The predicted molar refractivity (Wildman–Crippen MR) is 86.8 cm³/mol. The van der Waals surface area contributed by atoms with Crippen LogP contribution in [0, 0.1) is 0 Å². The fraction of sp³-hybridized carbons (Fsp3) is 0.600. The molecule has 0 aromatic carbocycles. The molecule has 1 aromatic heterocycles. The Morgan fingerprint density at radius 3 is 2.52 bits per heavy atom. The van der Waals surface area contributed by atoms with Gasteiger partial charge in [-0.05, 0) is 33.9 Å². The Morgan fingerprint density at radius 1 is 1.48 bits per heavy atom. The molecule has 5 nitrogen and oxygen atoms in total. The molecule has 0 saturated heterocycles. The van der Waals surface area contributed by atoms with Crippen molar-refractivity contribution in [2.75, 3.05) is 20.1 Å². The van der Waals surface area contributed by atoms with E-state index in [9.17, 15) is 8.42 Å². The van der Waals surface area contributed by atoms with Crippen LogP contribution in [-0.2, 0) is 16.6 Å². The van der Waals surface area contributed by atoms with Gasteiger partial charge >= 0.3 is 0 Å². The SMILES string of the molecule is C=C(C)CN(CC)S(=O)(=O)c1cc(CNC)n(C(C)C)c1. The summed E-state index contributed by atoms with van der Waals surface area (Å²) in [5.41, 5.74) is 1.80. The lowest BCUT2D eigenvalue weighted by Crippen LogP contribution is -2.32. The van der Waals surface area contributed by atoms with Crippen molar-refractivity contribution in [3.05, 3.63) is 30.1 Å². The van der Waals surface area contributed by atoms with E-state index >= 15 is 0 Å². The van der Waals surface area contributed by atoms with Gasteiger partial charge in [0.25, 0.3) is 0 Å². The average Bonchev–Trinajstić information content (AvgIpc) is 2.80. The molecule has 0 bridgehead atoms. The number of likely N-dealkylation sites (N-methyl/N-ethyl adjacent to an activating group) is 1. The zero-order chi connectivity index (χ0) is 16.2. The summed E-state index contributed by atoms with van der Waals surface area (Å²) in [7, 11) is -1.62. The number of hydrogen-bond acceptors (Lipinski definition) is 3. The monoisotopic (exact) mass is 313 g/mol. The second kappa shape index (κ2) is 7.24. The van der Waals surface area contributed by atoms with Gasteiger partial charge in [-0.1, -0.05) is 19.1 Å². The van der Waals surface area contributed by atoms with Crippen molar-refractivity contribution < 1.29 is 8.42 Å². The van der Waals surface area contributed by atoms with Crippen LogP contribution in [0.25, 0.3) is 0 Å². The Balaban J connectivity index is 3.24. The Morgan fingerprint density at radius 2 is 2.10 bits per heavy atom. The second-order valence-corrected chi connectivity index (χ2v) is 7.52. The molecule has 0 fully saturated rings. The molecule has 1 N–H and O–H groups in total. The van der Waals surface area contributed by atoms with Crippen molar-refractivity contribution in [1.29, 1.82) is 0 Å². The zero-order valence-corrected chi connectivity index (χ0v) is 14.5. The molecule has 120 valence electrons. The Kier molecular flexibility index (Phi) is 6.19. The smallest absolute Gasteiger partial charge is 0.244 e. The number of hydrogen-bond donors (Lipinski definition) is 1. The van der Waals surface area contributed by atoms with Crippen molar-refractivity contribution in [2.45, 2.75) is 45.2 Å². The molecule has 0 amide bonds. The van der Waals surface area contributed by atoms with Gasteiger partial charge in [0.15, 0.2) is 0 Å². The molecule has 0 atom stereocenters. The summed E-state index contributed by atoms with van der Waals surface area (Å²) in [4.78, 5) is 0.351. The van der Waals surface area contributed by atoms with E-state index < -0.39 is 10.0 Å². The zero-order valence-electron chi connectivity index (χ0n) is 13.7. The molecule has 0 aliphatic rings. The third kappa shape index (κ3) is 4.18. The lowest BCUT2D eigenvalue weighted by molar-refractivity contribution is 0.452. The second-order valence-electron chi connectivity index (χ2n) is 5.59. The molecular formula is C15H27N3O2S. The average molecular weight is 313 g/mol. The number of sulfonamides is 1. The molecule has 0 saturated carbocycles. The molecule has 0 aliphatic heterocycles. The quantitative estimate of drug-likeness (QED) is 0.750. The van der Waals surface area contributed by atoms with Gasteiger partial charge in [0.2, 0.25) is 10.0 Å². The first-order chi connectivity index (χ1) is 9.73. The first-order valence-corrected chi connectivity index (χ1v) is 8.67. The Hall–Kier alpha value is -1.11. The lowest BCUT2D eigenvalue weighted by Gasteiger charge is -2.19. The van der Waals surface area contributed by atoms with Gasteiger partial charge in [-0.25, -0.2) is 8.42 Å². The maximum absolute atomic E-state index is 12.7. The molecule has 1 rings (SSSR count). The summed E-state index contributed by atoms with van der Waals surface area (Å²) in [5.74, 6) is 0. The van der Waals surface area contributed by atoms with Gasteiger partial charge in [-0.2, -0.15) is 4.31 Å². The third-order valence-electron chi connectivity index (χ3n) is 3.26. The summed E-state index contributed by atoms with van der Waals surface area (Å²) in [6.07, 6.45) is 1.73. The predicted octanol–water partition coefficient (Wildman–Crippen LogP) is 2.38. The van der Waals surface area contributed by atoms with Crippen molar-refractivity contribution in [3.63, 3.8) is 0 Å². The highest BCUT2D eigenvalue weighted by atomic mass is 32.2. The first kappa shape index (κ1) is 17.9. The van der Waals surface area contributed by atoms with Crippen molar-refractivity contribution >= 4 is 10.0 Å². The van der Waals surface area contributed by atoms with Gasteiger partial charge in [-0.3, -0.25) is 0 Å². The fourth-order valence-corrected chi connectivity index (χ4v) is 3.82. The lowest BCUT2D eigenvalue weighted by atomic mass is 10.3. The van der Waals surface area contributed by atoms with Gasteiger partial charge in [-0.15, -0.1) is 0 Å². The van der Waals surface area contributed by atoms with Crippen LogP contribution in [0.5, 0.6) is 0 Å². The maximum atomic E-state index is 12.7. The minimum absolute atomic E-state index is 0.216. The molecule has 6 heteroatoms. The van der Waals surface area contributed by atoms with Crippen LogP contribution in [0.15, 0.2) is 29.3 Å². The first-order valence-electron chi connectivity index (χ1n) is 7.23. The van der Waals surface area contributed by atoms with Crippen LogP contribution in [0.2, 0.25) is 0 Å². The highest BCUT2D eigenvalue weighted by Crippen LogP contribution is 2.22. The van der Waals surface area contributed by atoms with Crippen LogP contribution in [-0.4, -0.2) is 37.4 Å². The van der Waals surface area contributed by atoms with E-state index in [1.54, 1.807) is 12.3 Å². The Bertz CT molecular complexity index is 588. The number of nitrogens with one attached hydrogen (secondary N) is 1. The summed E-state index contributed by atoms with van der Waals surface area (Å²) in [6.45, 7) is 13.0. The minimum Gasteiger partial charge on any atom is -0.346 e. The van der Waals surface area contributed by atoms with Gasteiger partial charge in [0.05, 0.1) is 0 Å². The molecule has 0 unspecified atom stereocenters. The summed E-state index contributed by atoms with van der Waals surface area (Å²) in [5, 5.41) is 3.08. The maximum Gasteiger partial charge on any atom is 0.244 e. The third-order valence-corrected chi connectivity index (χ3v) is 5.14. The van der Waals surface area contributed by atoms with Gasteiger partial charge in [0, 0.05) is 37.6 Å². The molecule has 0 spiro atoms. The van der Waals surface area contributed by atoms with E-state index in [4.69, 9.17) is 0 Å². The van der Waals surface area contributed by atoms with Crippen LogP contribution < -0.4 is 5.32 Å². The van der Waals surface area contributed by atoms with E-state index in [0.717, 1.165) is 11.3 Å². The number of aromatic nitrogens is 1. The van der Waals surface area contributed by atoms with Crippen LogP contribution in [0.3, 0.4) is 0 Å². The highest BCUT2D eigenvalue weighted by Gasteiger charge is 2.25. The molecule has 21 heavy (non-hydrogen) atoms. The molecular weight excluding hydrogens is 286 g/mol. The molecule has 1 aromatic rings. The molecule has 1 heterocycles. The minimum atomic E-state index is -3.48. The van der Waals surface area contributed by atoms with Crippen molar-refractivity contribution in [1.82, 2.24) is 14.2 Å².